The van der Waals surface area contributed by atoms with Gasteiger partial charge in [-0.25, -0.2) is 8.78 Å². The first-order valence-electron chi connectivity index (χ1n) is 5.52. The lowest BCUT2D eigenvalue weighted by atomic mass is 9.97. The number of nitrogens with zero attached hydrogens (tertiary/aromatic N) is 1. The Morgan fingerprint density at radius 1 is 1.12 bits per heavy atom. The van der Waals surface area contributed by atoms with Gasteiger partial charge in [0.05, 0.1) is 0 Å². The molecular weight excluding hydrogens is 220 g/mol. The standard InChI is InChI=1S/C14H13F2N/c1-10(13-7-2-3-8-17-13)9-11-5-4-6-12(15)14(11)16/h2-8,10H,9H2,1H3. The summed E-state index contributed by atoms with van der Waals surface area (Å²) >= 11 is 0. The van der Waals surface area contributed by atoms with Crippen molar-refractivity contribution in [1.82, 2.24) is 4.98 Å². The number of hydrogen-bond donors (Lipinski definition) is 0. The average molecular weight is 233 g/mol. The Balaban J connectivity index is 2.19. The molecule has 2 aromatic rings. The molecule has 1 atom stereocenters. The normalized spacial score (nSPS) is 12.4. The fourth-order valence-electron chi connectivity index (χ4n) is 1.81. The van der Waals surface area contributed by atoms with Crippen LogP contribution in [-0.4, -0.2) is 4.98 Å². The summed E-state index contributed by atoms with van der Waals surface area (Å²) in [6, 6.07) is 9.88. The number of hydrogen-bond acceptors (Lipinski definition) is 1. The summed E-state index contributed by atoms with van der Waals surface area (Å²) in [5.74, 6) is -1.49. The van der Waals surface area contributed by atoms with Crippen LogP contribution in [0.4, 0.5) is 8.78 Å². The fourth-order valence-corrected chi connectivity index (χ4v) is 1.81. The maximum atomic E-state index is 13.5. The van der Waals surface area contributed by atoms with Crippen LogP contribution in [0.3, 0.4) is 0 Å². The van der Waals surface area contributed by atoms with E-state index in [1.807, 2.05) is 25.1 Å². The summed E-state index contributed by atoms with van der Waals surface area (Å²) in [6.45, 7) is 1.95. The van der Waals surface area contributed by atoms with Gasteiger partial charge in [0.25, 0.3) is 0 Å². The maximum Gasteiger partial charge on any atom is 0.162 e. The first-order chi connectivity index (χ1) is 8.18. The van der Waals surface area contributed by atoms with E-state index in [0.29, 0.717) is 12.0 Å². The second kappa shape index (κ2) is 5.04. The van der Waals surface area contributed by atoms with E-state index in [4.69, 9.17) is 0 Å². The number of benzene rings is 1. The van der Waals surface area contributed by atoms with Gasteiger partial charge in [-0.05, 0) is 30.2 Å². The molecule has 1 aromatic carbocycles. The van der Waals surface area contributed by atoms with E-state index >= 15 is 0 Å². The third-order valence-electron chi connectivity index (χ3n) is 2.75. The van der Waals surface area contributed by atoms with Crippen molar-refractivity contribution in [2.75, 3.05) is 0 Å². The first-order valence-corrected chi connectivity index (χ1v) is 5.52. The molecule has 0 amide bonds. The van der Waals surface area contributed by atoms with Gasteiger partial charge >= 0.3 is 0 Å². The minimum absolute atomic E-state index is 0.0625. The zero-order valence-corrected chi connectivity index (χ0v) is 9.53. The summed E-state index contributed by atoms with van der Waals surface area (Å²) in [7, 11) is 0. The molecule has 1 nitrogen and oxygen atoms in total. The third-order valence-corrected chi connectivity index (χ3v) is 2.75. The van der Waals surface area contributed by atoms with Crippen molar-refractivity contribution in [3.8, 4) is 0 Å². The van der Waals surface area contributed by atoms with Crippen molar-refractivity contribution in [2.24, 2.45) is 0 Å². The highest BCUT2D eigenvalue weighted by atomic mass is 19.2. The number of aromatic nitrogens is 1. The van der Waals surface area contributed by atoms with E-state index in [2.05, 4.69) is 4.98 Å². The molecule has 0 N–H and O–H groups in total. The van der Waals surface area contributed by atoms with Crippen molar-refractivity contribution in [3.63, 3.8) is 0 Å². The van der Waals surface area contributed by atoms with Gasteiger partial charge in [0.1, 0.15) is 0 Å². The maximum absolute atomic E-state index is 13.5. The Morgan fingerprint density at radius 2 is 1.94 bits per heavy atom. The van der Waals surface area contributed by atoms with Crippen LogP contribution in [0.25, 0.3) is 0 Å². The molecule has 88 valence electrons. The molecule has 1 aromatic heterocycles. The Bertz CT molecular complexity index is 497. The van der Waals surface area contributed by atoms with Crippen LogP contribution in [0.1, 0.15) is 24.1 Å². The molecule has 0 spiro atoms. The summed E-state index contributed by atoms with van der Waals surface area (Å²) < 4.78 is 26.5. The van der Waals surface area contributed by atoms with Crippen molar-refractivity contribution in [3.05, 3.63) is 65.5 Å². The quantitative estimate of drug-likeness (QED) is 0.787. The van der Waals surface area contributed by atoms with E-state index < -0.39 is 11.6 Å². The summed E-state index contributed by atoms with van der Waals surface area (Å²) in [4.78, 5) is 4.21. The number of pyridine rings is 1. The van der Waals surface area contributed by atoms with Crippen LogP contribution in [0.5, 0.6) is 0 Å². The molecule has 0 bridgehead atoms. The largest absolute Gasteiger partial charge is 0.261 e. The summed E-state index contributed by atoms with van der Waals surface area (Å²) in [6.07, 6.45) is 2.15. The molecule has 0 aliphatic heterocycles. The fraction of sp³-hybridized carbons (Fsp3) is 0.214. The van der Waals surface area contributed by atoms with Gasteiger partial charge < -0.3 is 0 Å². The van der Waals surface area contributed by atoms with E-state index in [1.54, 1.807) is 12.3 Å². The molecule has 0 radical (unpaired) electrons. The highest BCUT2D eigenvalue weighted by molar-refractivity contribution is 5.22. The SMILES string of the molecule is CC(Cc1cccc(F)c1F)c1ccccn1. The molecule has 2 rings (SSSR count). The van der Waals surface area contributed by atoms with E-state index in [0.717, 1.165) is 11.8 Å². The third kappa shape index (κ3) is 2.67. The summed E-state index contributed by atoms with van der Waals surface area (Å²) in [5, 5.41) is 0. The van der Waals surface area contributed by atoms with E-state index in [9.17, 15) is 8.78 Å². The van der Waals surface area contributed by atoms with Crippen LogP contribution < -0.4 is 0 Å². The van der Waals surface area contributed by atoms with Gasteiger partial charge in [-0.3, -0.25) is 4.98 Å². The lowest BCUT2D eigenvalue weighted by Gasteiger charge is -2.11. The van der Waals surface area contributed by atoms with Crippen molar-refractivity contribution in [1.29, 1.82) is 0 Å². The Hall–Kier alpha value is -1.77. The second-order valence-electron chi connectivity index (χ2n) is 4.07. The average Bonchev–Trinajstić information content (AvgIpc) is 2.36. The van der Waals surface area contributed by atoms with Crippen LogP contribution in [-0.2, 0) is 6.42 Å². The van der Waals surface area contributed by atoms with Crippen molar-refractivity contribution >= 4 is 0 Å². The molecule has 1 heterocycles. The Kier molecular flexibility index (Phi) is 3.47. The van der Waals surface area contributed by atoms with Gasteiger partial charge in [0.2, 0.25) is 0 Å². The van der Waals surface area contributed by atoms with Crippen LogP contribution in [0, 0.1) is 11.6 Å². The van der Waals surface area contributed by atoms with Gasteiger partial charge in [0.15, 0.2) is 11.6 Å². The Morgan fingerprint density at radius 3 is 2.65 bits per heavy atom. The lowest BCUT2D eigenvalue weighted by Crippen LogP contribution is -2.03. The zero-order chi connectivity index (χ0) is 12.3. The molecule has 3 heteroatoms. The molecule has 0 saturated carbocycles. The van der Waals surface area contributed by atoms with Gasteiger partial charge in [0, 0.05) is 17.8 Å². The Labute approximate surface area is 99.1 Å². The monoisotopic (exact) mass is 233 g/mol. The van der Waals surface area contributed by atoms with Crippen LogP contribution in [0.15, 0.2) is 42.6 Å². The van der Waals surface area contributed by atoms with Crippen LogP contribution >= 0.6 is 0 Å². The molecule has 0 aliphatic carbocycles. The van der Waals surface area contributed by atoms with Crippen molar-refractivity contribution < 1.29 is 8.78 Å². The van der Waals surface area contributed by atoms with Crippen molar-refractivity contribution in [2.45, 2.75) is 19.3 Å². The highest BCUT2D eigenvalue weighted by Gasteiger charge is 2.13. The van der Waals surface area contributed by atoms with Crippen LogP contribution in [0.2, 0.25) is 0 Å². The molecule has 0 saturated heterocycles. The minimum atomic E-state index is -0.796. The van der Waals surface area contributed by atoms with E-state index in [-0.39, 0.29) is 5.92 Å². The molecular formula is C14H13F2N. The van der Waals surface area contributed by atoms with Gasteiger partial charge in [-0.1, -0.05) is 25.1 Å². The van der Waals surface area contributed by atoms with Gasteiger partial charge in [-0.15, -0.1) is 0 Å². The molecule has 17 heavy (non-hydrogen) atoms. The van der Waals surface area contributed by atoms with E-state index in [1.165, 1.54) is 6.07 Å². The predicted octanol–water partition coefficient (Wildman–Crippen LogP) is 3.71. The highest BCUT2D eigenvalue weighted by Crippen LogP contribution is 2.21. The molecule has 0 aliphatic rings. The van der Waals surface area contributed by atoms with Gasteiger partial charge in [-0.2, -0.15) is 0 Å². The summed E-state index contributed by atoms with van der Waals surface area (Å²) in [5.41, 5.74) is 1.28. The minimum Gasteiger partial charge on any atom is -0.261 e. The predicted molar refractivity (Wildman–Crippen MR) is 62.7 cm³/mol. The second-order valence-corrected chi connectivity index (χ2v) is 4.07. The smallest absolute Gasteiger partial charge is 0.162 e. The number of halogens is 2. The topological polar surface area (TPSA) is 12.9 Å². The zero-order valence-electron chi connectivity index (χ0n) is 9.53. The molecule has 1 unspecified atom stereocenters. The number of rotatable bonds is 3. The molecule has 0 fully saturated rings. The first kappa shape index (κ1) is 11.7. The lowest BCUT2D eigenvalue weighted by molar-refractivity contribution is 0.494.